The van der Waals surface area contributed by atoms with E-state index in [1.54, 1.807) is 0 Å². The summed E-state index contributed by atoms with van der Waals surface area (Å²) in [6.45, 7) is -2.56. The largest absolute Gasteiger partial charge is 0.461 e. The second-order valence-electron chi connectivity index (χ2n) is 3.44. The van der Waals surface area contributed by atoms with E-state index in [0.717, 1.165) is 9.80 Å². The Morgan fingerprint density at radius 1 is 0.750 bits per heavy atom. The lowest BCUT2D eigenvalue weighted by Crippen LogP contribution is -2.31. The molecule has 0 radical (unpaired) electrons. The van der Waals surface area contributed by atoms with Crippen LogP contribution in [0, 0.1) is 0 Å². The molecule has 11 nitrogen and oxygen atoms in total. The molecule has 0 aliphatic carbocycles. The minimum absolute atomic E-state index is 0.0700. The number of aromatic nitrogens is 3. The number of anilines is 2. The van der Waals surface area contributed by atoms with Crippen LogP contribution < -0.4 is 14.5 Å². The van der Waals surface area contributed by atoms with E-state index in [1.165, 1.54) is 0 Å². The summed E-state index contributed by atoms with van der Waals surface area (Å²) in [7, 11) is 0. The third kappa shape index (κ3) is 4.11. The quantitative estimate of drug-likeness (QED) is 0.290. The minimum atomic E-state index is -0.558. The Morgan fingerprint density at radius 2 is 1.20 bits per heavy atom. The second kappa shape index (κ2) is 8.39. The number of hydrogen-bond acceptors (Lipinski definition) is 11. The van der Waals surface area contributed by atoms with Gasteiger partial charge in [0.2, 0.25) is 11.9 Å². The summed E-state index contributed by atoms with van der Waals surface area (Å²) >= 11 is 0. The van der Waals surface area contributed by atoms with Gasteiger partial charge in [-0.2, -0.15) is 15.0 Å². The van der Waals surface area contributed by atoms with Crippen molar-refractivity contribution in [2.45, 2.75) is 0 Å². The van der Waals surface area contributed by atoms with Crippen molar-refractivity contribution in [1.29, 1.82) is 0 Å². The standard InChI is InChI=1S/C9H17N5O6/c15-1-2-20-9-11-7(13(3-16)4-17)10-8(12-9)14(5-18)6-19/h15-19H,1-6H2. The maximum atomic E-state index is 9.06. The van der Waals surface area contributed by atoms with Gasteiger partial charge in [0.05, 0.1) is 6.61 Å². The summed E-state index contributed by atoms with van der Waals surface area (Å²) in [5.74, 6) is -0.223. The van der Waals surface area contributed by atoms with E-state index in [9.17, 15) is 0 Å². The van der Waals surface area contributed by atoms with Crippen LogP contribution in [-0.4, -0.2) is 80.6 Å². The SMILES string of the molecule is OCCOc1nc(N(CO)CO)nc(N(CO)CO)n1. The third-order valence-electron chi connectivity index (χ3n) is 2.16. The molecule has 1 rings (SSSR count). The van der Waals surface area contributed by atoms with Crippen LogP contribution in [-0.2, 0) is 0 Å². The summed E-state index contributed by atoms with van der Waals surface area (Å²) in [5, 5.41) is 44.9. The average molecular weight is 291 g/mol. The Hall–Kier alpha value is -1.79. The van der Waals surface area contributed by atoms with Crippen LogP contribution in [0.1, 0.15) is 0 Å². The minimum Gasteiger partial charge on any atom is -0.461 e. The van der Waals surface area contributed by atoms with Crippen molar-refractivity contribution < 1.29 is 30.3 Å². The van der Waals surface area contributed by atoms with Crippen LogP contribution in [0.4, 0.5) is 11.9 Å². The molecular formula is C9H17N5O6. The lowest BCUT2D eigenvalue weighted by Gasteiger charge is -2.21. The molecule has 0 bridgehead atoms. The van der Waals surface area contributed by atoms with Crippen molar-refractivity contribution in [2.75, 3.05) is 49.9 Å². The summed E-state index contributed by atoms with van der Waals surface area (Å²) in [4.78, 5) is 13.5. The van der Waals surface area contributed by atoms with Crippen molar-refractivity contribution in [1.82, 2.24) is 15.0 Å². The van der Waals surface area contributed by atoms with E-state index < -0.39 is 26.9 Å². The van der Waals surface area contributed by atoms with Gasteiger partial charge >= 0.3 is 6.01 Å². The van der Waals surface area contributed by atoms with Gasteiger partial charge in [0.25, 0.3) is 0 Å². The highest BCUT2D eigenvalue weighted by Crippen LogP contribution is 2.16. The Balaban J connectivity index is 3.12. The van der Waals surface area contributed by atoms with Crippen molar-refractivity contribution in [2.24, 2.45) is 0 Å². The first-order chi connectivity index (χ1) is 9.69. The molecule has 0 aromatic carbocycles. The van der Waals surface area contributed by atoms with Gasteiger partial charge in [-0.1, -0.05) is 0 Å². The van der Waals surface area contributed by atoms with Crippen molar-refractivity contribution in [3.05, 3.63) is 0 Å². The molecule has 11 heteroatoms. The first-order valence-corrected chi connectivity index (χ1v) is 5.63. The van der Waals surface area contributed by atoms with Crippen molar-refractivity contribution in [3.63, 3.8) is 0 Å². The zero-order valence-corrected chi connectivity index (χ0v) is 10.6. The van der Waals surface area contributed by atoms with Gasteiger partial charge in [0.15, 0.2) is 0 Å². The van der Waals surface area contributed by atoms with Crippen LogP contribution in [0.5, 0.6) is 6.01 Å². The molecule has 0 saturated heterocycles. The zero-order chi connectivity index (χ0) is 15.0. The topological polar surface area (TPSA) is 156 Å². The van der Waals surface area contributed by atoms with Crippen LogP contribution in [0.25, 0.3) is 0 Å². The molecule has 0 aliphatic rings. The molecule has 1 aromatic heterocycles. The summed E-state index contributed by atoms with van der Waals surface area (Å²) < 4.78 is 5.02. The predicted octanol–water partition coefficient (Wildman–Crippen LogP) is -3.35. The Labute approximate surface area is 114 Å². The lowest BCUT2D eigenvalue weighted by molar-refractivity contribution is 0.188. The monoisotopic (exact) mass is 291 g/mol. The molecule has 0 amide bonds. The van der Waals surface area contributed by atoms with Crippen LogP contribution >= 0.6 is 0 Å². The van der Waals surface area contributed by atoms with E-state index in [0.29, 0.717) is 0 Å². The number of aliphatic hydroxyl groups excluding tert-OH is 5. The first kappa shape index (κ1) is 16.3. The predicted molar refractivity (Wildman–Crippen MR) is 65.7 cm³/mol. The maximum absolute atomic E-state index is 9.06. The van der Waals surface area contributed by atoms with Crippen LogP contribution in [0.2, 0.25) is 0 Å². The van der Waals surface area contributed by atoms with E-state index in [4.69, 9.17) is 30.3 Å². The third-order valence-corrected chi connectivity index (χ3v) is 2.16. The van der Waals surface area contributed by atoms with Crippen LogP contribution in [0.3, 0.4) is 0 Å². The van der Waals surface area contributed by atoms with E-state index in [2.05, 4.69) is 15.0 Å². The van der Waals surface area contributed by atoms with Crippen molar-refractivity contribution >= 4 is 11.9 Å². The molecule has 1 heterocycles. The summed E-state index contributed by atoms with van der Waals surface area (Å²) in [6, 6.07) is -0.183. The van der Waals surface area contributed by atoms with E-state index in [-0.39, 0.29) is 31.1 Å². The molecule has 0 atom stereocenters. The van der Waals surface area contributed by atoms with Gasteiger partial charge in [0.1, 0.15) is 33.5 Å². The van der Waals surface area contributed by atoms with Crippen molar-refractivity contribution in [3.8, 4) is 6.01 Å². The Morgan fingerprint density at radius 3 is 1.55 bits per heavy atom. The molecule has 0 fully saturated rings. The molecule has 5 N–H and O–H groups in total. The maximum Gasteiger partial charge on any atom is 0.323 e. The fourth-order valence-corrected chi connectivity index (χ4v) is 1.16. The molecule has 0 saturated carbocycles. The number of nitrogens with zero attached hydrogens (tertiary/aromatic N) is 5. The van der Waals surface area contributed by atoms with Gasteiger partial charge in [-0.25, -0.2) is 0 Å². The summed E-state index contributed by atoms with van der Waals surface area (Å²) in [6.07, 6.45) is 0. The Kier molecular flexibility index (Phi) is 6.83. The lowest BCUT2D eigenvalue weighted by atomic mass is 10.7. The Bertz CT molecular complexity index is 370. The number of ether oxygens (including phenoxy) is 1. The molecule has 114 valence electrons. The smallest absolute Gasteiger partial charge is 0.323 e. The number of hydrogen-bond donors (Lipinski definition) is 5. The highest BCUT2D eigenvalue weighted by atomic mass is 16.5. The highest BCUT2D eigenvalue weighted by molar-refractivity contribution is 5.39. The molecule has 1 aromatic rings. The fraction of sp³-hybridized carbons (Fsp3) is 0.667. The molecule has 0 aliphatic heterocycles. The van der Waals surface area contributed by atoms with Gasteiger partial charge in [-0.3, -0.25) is 9.80 Å². The normalized spacial score (nSPS) is 10.4. The van der Waals surface area contributed by atoms with Gasteiger partial charge in [-0.15, -0.1) is 0 Å². The summed E-state index contributed by atoms with van der Waals surface area (Å²) in [5.41, 5.74) is 0. The molecular weight excluding hydrogens is 274 g/mol. The molecule has 0 unspecified atom stereocenters. The van der Waals surface area contributed by atoms with Gasteiger partial charge in [0, 0.05) is 0 Å². The van der Waals surface area contributed by atoms with Gasteiger partial charge in [-0.05, 0) is 0 Å². The molecule has 20 heavy (non-hydrogen) atoms. The number of aliphatic hydroxyl groups is 5. The van der Waals surface area contributed by atoms with E-state index >= 15 is 0 Å². The number of rotatable bonds is 9. The highest BCUT2D eigenvalue weighted by Gasteiger charge is 2.16. The first-order valence-electron chi connectivity index (χ1n) is 5.63. The van der Waals surface area contributed by atoms with Crippen LogP contribution in [0.15, 0.2) is 0 Å². The molecule has 0 spiro atoms. The average Bonchev–Trinajstić information content (AvgIpc) is 2.47. The fourth-order valence-electron chi connectivity index (χ4n) is 1.16. The zero-order valence-electron chi connectivity index (χ0n) is 10.6. The van der Waals surface area contributed by atoms with Gasteiger partial charge < -0.3 is 30.3 Å². The van der Waals surface area contributed by atoms with E-state index in [1.807, 2.05) is 0 Å². The second-order valence-corrected chi connectivity index (χ2v) is 3.44.